The molecule has 6 heteroatoms. The molecular weight excluding hydrogens is 380 g/mol. The average molecular weight is 390 g/mol. The van der Waals surface area contributed by atoms with E-state index in [4.69, 9.17) is 5.73 Å². The maximum Gasteiger partial charge on any atom is 0.253 e. The van der Waals surface area contributed by atoms with Crippen molar-refractivity contribution in [3.05, 3.63) is 49.0 Å². The van der Waals surface area contributed by atoms with Gasteiger partial charge >= 0.3 is 0 Å². The SMILES string of the molecule is Nc1ccc(Br)cc1C(=O)NCc1ccc(Br)s1. The van der Waals surface area contributed by atoms with E-state index >= 15 is 0 Å². The first-order valence-corrected chi connectivity index (χ1v) is 7.54. The molecule has 0 radical (unpaired) electrons. The lowest BCUT2D eigenvalue weighted by atomic mass is 10.1. The van der Waals surface area contributed by atoms with Gasteiger partial charge in [-0.2, -0.15) is 0 Å². The Kier molecular flexibility index (Phi) is 4.42. The van der Waals surface area contributed by atoms with Crippen LogP contribution in [0, 0.1) is 0 Å². The number of rotatable bonds is 3. The van der Waals surface area contributed by atoms with Gasteiger partial charge in [0.15, 0.2) is 0 Å². The number of carbonyl (C=O) groups is 1. The van der Waals surface area contributed by atoms with E-state index in [2.05, 4.69) is 37.2 Å². The Labute approximate surface area is 126 Å². The summed E-state index contributed by atoms with van der Waals surface area (Å²) in [6.07, 6.45) is 0. The largest absolute Gasteiger partial charge is 0.398 e. The van der Waals surface area contributed by atoms with E-state index in [9.17, 15) is 4.79 Å². The number of halogens is 2. The number of hydrogen-bond donors (Lipinski definition) is 2. The normalized spacial score (nSPS) is 10.3. The molecule has 0 spiro atoms. The molecular formula is C12H10Br2N2OS. The van der Waals surface area contributed by atoms with Crippen molar-refractivity contribution in [3.8, 4) is 0 Å². The van der Waals surface area contributed by atoms with Gasteiger partial charge in [0.25, 0.3) is 5.91 Å². The number of carbonyl (C=O) groups excluding carboxylic acids is 1. The monoisotopic (exact) mass is 388 g/mol. The Hall–Kier alpha value is -0.850. The molecule has 0 aliphatic heterocycles. The van der Waals surface area contributed by atoms with Gasteiger partial charge in [-0.25, -0.2) is 0 Å². The van der Waals surface area contributed by atoms with Crippen LogP contribution in [0.15, 0.2) is 38.6 Å². The number of anilines is 1. The maximum absolute atomic E-state index is 12.0. The van der Waals surface area contributed by atoms with Gasteiger partial charge in [0, 0.05) is 15.0 Å². The van der Waals surface area contributed by atoms with Crippen LogP contribution in [0.3, 0.4) is 0 Å². The topological polar surface area (TPSA) is 55.1 Å². The van der Waals surface area contributed by atoms with Crippen LogP contribution in [0.1, 0.15) is 15.2 Å². The molecule has 94 valence electrons. The molecule has 0 bridgehead atoms. The van der Waals surface area contributed by atoms with Crippen molar-refractivity contribution in [3.63, 3.8) is 0 Å². The summed E-state index contributed by atoms with van der Waals surface area (Å²) in [5.74, 6) is -0.168. The second-order valence-corrected chi connectivity index (χ2v) is 7.08. The van der Waals surface area contributed by atoms with Crippen LogP contribution < -0.4 is 11.1 Å². The van der Waals surface area contributed by atoms with E-state index < -0.39 is 0 Å². The molecule has 3 nitrogen and oxygen atoms in total. The number of hydrogen-bond acceptors (Lipinski definition) is 3. The highest BCUT2D eigenvalue weighted by molar-refractivity contribution is 9.11. The Balaban J connectivity index is 2.05. The van der Waals surface area contributed by atoms with Crippen molar-refractivity contribution >= 4 is 54.8 Å². The first kappa shape index (κ1) is 13.6. The standard InChI is InChI=1S/C12H10Br2N2OS/c13-7-1-3-10(15)9(5-7)12(17)16-6-8-2-4-11(14)18-8/h1-5H,6,15H2,(H,16,17). The summed E-state index contributed by atoms with van der Waals surface area (Å²) in [5.41, 5.74) is 6.74. The highest BCUT2D eigenvalue weighted by atomic mass is 79.9. The van der Waals surface area contributed by atoms with Gasteiger partial charge in [0.05, 0.1) is 15.9 Å². The molecule has 1 amide bonds. The van der Waals surface area contributed by atoms with Crippen molar-refractivity contribution in [2.75, 3.05) is 5.73 Å². The van der Waals surface area contributed by atoms with Gasteiger partial charge in [-0.1, -0.05) is 15.9 Å². The van der Waals surface area contributed by atoms with Gasteiger partial charge in [-0.15, -0.1) is 11.3 Å². The zero-order chi connectivity index (χ0) is 13.1. The third kappa shape index (κ3) is 3.34. The number of nitrogen functional groups attached to an aromatic ring is 1. The molecule has 3 N–H and O–H groups in total. The van der Waals surface area contributed by atoms with E-state index in [0.717, 1.165) is 13.1 Å². The molecule has 0 atom stereocenters. The first-order chi connectivity index (χ1) is 8.56. The molecule has 0 aliphatic carbocycles. The van der Waals surface area contributed by atoms with E-state index in [-0.39, 0.29) is 5.91 Å². The molecule has 18 heavy (non-hydrogen) atoms. The van der Waals surface area contributed by atoms with Crippen molar-refractivity contribution in [2.24, 2.45) is 0 Å². The summed E-state index contributed by atoms with van der Waals surface area (Å²) >= 11 is 8.30. The lowest BCUT2D eigenvalue weighted by molar-refractivity contribution is 0.0952. The molecule has 0 aliphatic rings. The zero-order valence-electron chi connectivity index (χ0n) is 9.24. The smallest absolute Gasteiger partial charge is 0.253 e. The lowest BCUT2D eigenvalue weighted by Gasteiger charge is -2.07. The van der Waals surface area contributed by atoms with Gasteiger partial charge in [0.2, 0.25) is 0 Å². The molecule has 0 fully saturated rings. The predicted octanol–water partition coefficient (Wildman–Crippen LogP) is 3.79. The molecule has 2 aromatic rings. The van der Waals surface area contributed by atoms with E-state index in [1.807, 2.05) is 18.2 Å². The molecule has 1 aromatic heterocycles. The van der Waals surface area contributed by atoms with Crippen molar-refractivity contribution in [1.29, 1.82) is 0 Å². The van der Waals surface area contributed by atoms with Crippen molar-refractivity contribution in [1.82, 2.24) is 5.32 Å². The summed E-state index contributed by atoms with van der Waals surface area (Å²) in [7, 11) is 0. The minimum absolute atomic E-state index is 0.168. The van der Waals surface area contributed by atoms with Crippen molar-refractivity contribution in [2.45, 2.75) is 6.54 Å². The number of thiophene rings is 1. The fraction of sp³-hybridized carbons (Fsp3) is 0.0833. The summed E-state index contributed by atoms with van der Waals surface area (Å²) in [6, 6.07) is 9.16. The third-order valence-corrected chi connectivity index (χ3v) is 4.43. The zero-order valence-corrected chi connectivity index (χ0v) is 13.2. The van der Waals surface area contributed by atoms with Gasteiger partial charge < -0.3 is 11.1 Å². The van der Waals surface area contributed by atoms with Crippen LogP contribution in [-0.4, -0.2) is 5.91 Å². The van der Waals surface area contributed by atoms with Crippen LogP contribution >= 0.6 is 43.2 Å². The second kappa shape index (κ2) is 5.86. The number of nitrogens with two attached hydrogens (primary N) is 1. The highest BCUT2D eigenvalue weighted by Crippen LogP contribution is 2.22. The summed E-state index contributed by atoms with van der Waals surface area (Å²) in [4.78, 5) is 13.1. The Morgan fingerprint density at radius 2 is 2.06 bits per heavy atom. The number of nitrogens with one attached hydrogen (secondary N) is 1. The summed E-state index contributed by atoms with van der Waals surface area (Å²) in [6.45, 7) is 0.501. The van der Waals surface area contributed by atoms with Crippen LogP contribution in [0.2, 0.25) is 0 Å². The number of amides is 1. The van der Waals surface area contributed by atoms with Gasteiger partial charge in [-0.05, 0) is 46.3 Å². The van der Waals surface area contributed by atoms with Crippen LogP contribution in [0.25, 0.3) is 0 Å². The quantitative estimate of drug-likeness (QED) is 0.784. The average Bonchev–Trinajstić information content (AvgIpc) is 2.75. The van der Waals surface area contributed by atoms with Gasteiger partial charge in [-0.3, -0.25) is 4.79 Å². The Morgan fingerprint density at radius 1 is 1.28 bits per heavy atom. The Morgan fingerprint density at radius 3 is 2.72 bits per heavy atom. The van der Waals surface area contributed by atoms with Crippen LogP contribution in [0.5, 0.6) is 0 Å². The molecule has 0 unspecified atom stereocenters. The molecule has 0 saturated heterocycles. The van der Waals surface area contributed by atoms with Gasteiger partial charge in [0.1, 0.15) is 0 Å². The second-order valence-electron chi connectivity index (χ2n) is 3.62. The van der Waals surface area contributed by atoms with Crippen LogP contribution in [0.4, 0.5) is 5.69 Å². The minimum Gasteiger partial charge on any atom is -0.398 e. The minimum atomic E-state index is -0.168. The summed E-state index contributed by atoms with van der Waals surface area (Å²) < 4.78 is 1.88. The molecule has 2 rings (SSSR count). The Bertz CT molecular complexity index is 583. The lowest BCUT2D eigenvalue weighted by Crippen LogP contribution is -2.23. The van der Waals surface area contributed by atoms with Crippen molar-refractivity contribution < 1.29 is 4.79 Å². The maximum atomic E-state index is 12.0. The molecule has 1 aromatic carbocycles. The fourth-order valence-electron chi connectivity index (χ4n) is 1.43. The van der Waals surface area contributed by atoms with Crippen LogP contribution in [-0.2, 0) is 6.54 Å². The van der Waals surface area contributed by atoms with E-state index in [0.29, 0.717) is 17.8 Å². The first-order valence-electron chi connectivity index (χ1n) is 5.13. The highest BCUT2D eigenvalue weighted by Gasteiger charge is 2.10. The fourth-order valence-corrected chi connectivity index (χ4v) is 3.22. The molecule has 1 heterocycles. The molecule has 0 saturated carbocycles. The van der Waals surface area contributed by atoms with E-state index in [1.54, 1.807) is 23.5 Å². The summed E-state index contributed by atoms with van der Waals surface area (Å²) in [5, 5.41) is 2.85. The predicted molar refractivity (Wildman–Crippen MR) is 81.7 cm³/mol. The third-order valence-electron chi connectivity index (χ3n) is 2.31. The van der Waals surface area contributed by atoms with E-state index in [1.165, 1.54) is 0 Å². The number of benzene rings is 1.